The molecule has 21 heavy (non-hydrogen) atoms. The molecule has 3 N–H and O–H groups in total. The largest absolute Gasteiger partial charge is 0.478 e. The van der Waals surface area contributed by atoms with Crippen molar-refractivity contribution in [1.29, 1.82) is 0 Å². The Labute approximate surface area is 121 Å². The summed E-state index contributed by atoms with van der Waals surface area (Å²) in [7, 11) is 1.78. The van der Waals surface area contributed by atoms with E-state index in [1.165, 1.54) is 24.3 Å². The number of rotatable bonds is 4. The number of carboxylic acids is 1. The van der Waals surface area contributed by atoms with Crippen LogP contribution in [0.4, 0.5) is 16.2 Å². The average Bonchev–Trinajstić information content (AvgIpc) is 2.79. The van der Waals surface area contributed by atoms with Crippen molar-refractivity contribution >= 4 is 23.4 Å². The molecule has 2 aromatic rings. The van der Waals surface area contributed by atoms with Crippen molar-refractivity contribution in [1.82, 2.24) is 9.78 Å². The van der Waals surface area contributed by atoms with Crippen LogP contribution < -0.4 is 10.6 Å². The summed E-state index contributed by atoms with van der Waals surface area (Å²) in [5.74, 6) is -1.01. The molecule has 0 aliphatic rings. The van der Waals surface area contributed by atoms with E-state index in [4.69, 9.17) is 5.11 Å². The molecule has 0 aliphatic heterocycles. The minimum Gasteiger partial charge on any atom is -0.478 e. The molecule has 0 spiro atoms. The first-order valence-electron chi connectivity index (χ1n) is 6.43. The Morgan fingerprint density at radius 2 is 1.90 bits per heavy atom. The van der Waals surface area contributed by atoms with Crippen LogP contribution in [0.2, 0.25) is 0 Å². The summed E-state index contributed by atoms with van der Waals surface area (Å²) in [6.07, 6.45) is 2.44. The van der Waals surface area contributed by atoms with Crippen molar-refractivity contribution in [3.63, 3.8) is 0 Å². The predicted octanol–water partition coefficient (Wildman–Crippen LogP) is 2.32. The Kier molecular flexibility index (Phi) is 4.22. The van der Waals surface area contributed by atoms with E-state index in [9.17, 15) is 9.59 Å². The van der Waals surface area contributed by atoms with Gasteiger partial charge in [0.2, 0.25) is 0 Å². The summed E-state index contributed by atoms with van der Waals surface area (Å²) >= 11 is 0. The zero-order valence-corrected chi connectivity index (χ0v) is 11.8. The summed E-state index contributed by atoms with van der Waals surface area (Å²) in [6, 6.07) is 5.53. The number of carboxylic acid groups (broad SMARTS) is 1. The maximum atomic E-state index is 11.9. The quantitative estimate of drug-likeness (QED) is 0.804. The third-order valence-corrected chi connectivity index (χ3v) is 2.88. The molecule has 0 saturated carbocycles. The van der Waals surface area contributed by atoms with Gasteiger partial charge in [-0.15, -0.1) is 0 Å². The fraction of sp³-hybridized carbons (Fsp3) is 0.214. The lowest BCUT2D eigenvalue weighted by Gasteiger charge is -2.07. The van der Waals surface area contributed by atoms with Crippen LogP contribution in [0.1, 0.15) is 23.0 Å². The average molecular weight is 288 g/mol. The second kappa shape index (κ2) is 6.08. The number of carbonyl (C=O) groups is 2. The van der Waals surface area contributed by atoms with Crippen LogP contribution in [0, 0.1) is 0 Å². The number of aryl methyl sites for hydroxylation is 2. The van der Waals surface area contributed by atoms with Crippen molar-refractivity contribution in [3.05, 3.63) is 41.7 Å². The SMILES string of the molecule is CCc1nn(C)cc1NC(=O)Nc1ccc(C(=O)O)cc1. The maximum Gasteiger partial charge on any atom is 0.335 e. The Bertz CT molecular complexity index is 661. The smallest absolute Gasteiger partial charge is 0.335 e. The number of hydrogen-bond acceptors (Lipinski definition) is 3. The molecule has 7 nitrogen and oxygen atoms in total. The topological polar surface area (TPSA) is 96.3 Å². The molecule has 2 amide bonds. The fourth-order valence-electron chi connectivity index (χ4n) is 1.88. The van der Waals surface area contributed by atoms with E-state index < -0.39 is 12.0 Å². The molecule has 1 aromatic carbocycles. The van der Waals surface area contributed by atoms with E-state index >= 15 is 0 Å². The van der Waals surface area contributed by atoms with Crippen molar-refractivity contribution in [2.24, 2.45) is 7.05 Å². The number of benzene rings is 1. The number of urea groups is 1. The van der Waals surface area contributed by atoms with Crippen LogP contribution in [0.5, 0.6) is 0 Å². The third kappa shape index (κ3) is 3.59. The lowest BCUT2D eigenvalue weighted by Crippen LogP contribution is -2.19. The number of hydrogen-bond donors (Lipinski definition) is 3. The molecule has 0 saturated heterocycles. The highest BCUT2D eigenvalue weighted by atomic mass is 16.4. The highest BCUT2D eigenvalue weighted by Crippen LogP contribution is 2.15. The maximum absolute atomic E-state index is 11.9. The van der Waals surface area contributed by atoms with E-state index in [1.54, 1.807) is 17.9 Å². The van der Waals surface area contributed by atoms with Gasteiger partial charge in [-0.3, -0.25) is 4.68 Å². The first-order chi connectivity index (χ1) is 9.99. The van der Waals surface area contributed by atoms with E-state index in [1.807, 2.05) is 6.92 Å². The van der Waals surface area contributed by atoms with Crippen LogP contribution in [0.25, 0.3) is 0 Å². The first kappa shape index (κ1) is 14.6. The van der Waals surface area contributed by atoms with E-state index in [2.05, 4.69) is 15.7 Å². The van der Waals surface area contributed by atoms with E-state index in [0.29, 0.717) is 17.8 Å². The standard InChI is InChI=1S/C14H16N4O3/c1-3-11-12(8-18(2)17-11)16-14(21)15-10-6-4-9(5-7-10)13(19)20/h4-8H,3H2,1-2H3,(H,19,20)(H2,15,16,21). The molecule has 1 aromatic heterocycles. The Hall–Kier alpha value is -2.83. The fourth-order valence-corrected chi connectivity index (χ4v) is 1.88. The molecule has 110 valence electrons. The normalized spacial score (nSPS) is 10.2. The molecular weight excluding hydrogens is 272 g/mol. The van der Waals surface area contributed by atoms with Crippen molar-refractivity contribution in [2.45, 2.75) is 13.3 Å². The summed E-state index contributed by atoms with van der Waals surface area (Å²) in [5.41, 5.74) is 2.13. The van der Waals surface area contributed by atoms with Crippen LogP contribution in [-0.4, -0.2) is 26.9 Å². The third-order valence-electron chi connectivity index (χ3n) is 2.88. The molecule has 1 heterocycles. The molecule has 0 atom stereocenters. The molecular formula is C14H16N4O3. The zero-order chi connectivity index (χ0) is 15.4. The van der Waals surface area contributed by atoms with Crippen LogP contribution >= 0.6 is 0 Å². The number of anilines is 2. The van der Waals surface area contributed by atoms with E-state index in [-0.39, 0.29) is 5.56 Å². The number of aromatic carboxylic acids is 1. The van der Waals surface area contributed by atoms with Gasteiger partial charge in [-0.2, -0.15) is 5.10 Å². The van der Waals surface area contributed by atoms with E-state index in [0.717, 1.165) is 5.69 Å². The van der Waals surface area contributed by atoms with Gasteiger partial charge < -0.3 is 15.7 Å². The predicted molar refractivity (Wildman–Crippen MR) is 78.6 cm³/mol. The highest BCUT2D eigenvalue weighted by Gasteiger charge is 2.10. The Balaban J connectivity index is 2.02. The number of carbonyl (C=O) groups excluding carboxylic acids is 1. The minimum absolute atomic E-state index is 0.168. The van der Waals surface area contributed by atoms with Crippen LogP contribution in [-0.2, 0) is 13.5 Å². The second-order valence-electron chi connectivity index (χ2n) is 4.48. The molecule has 0 radical (unpaired) electrons. The summed E-state index contributed by atoms with van der Waals surface area (Å²) < 4.78 is 1.64. The van der Waals surface area contributed by atoms with Crippen LogP contribution in [0.3, 0.4) is 0 Å². The monoisotopic (exact) mass is 288 g/mol. The molecule has 7 heteroatoms. The van der Waals surface area contributed by atoms with Gasteiger partial charge in [-0.25, -0.2) is 9.59 Å². The lowest BCUT2D eigenvalue weighted by atomic mass is 10.2. The summed E-state index contributed by atoms with van der Waals surface area (Å²) in [4.78, 5) is 22.6. The highest BCUT2D eigenvalue weighted by molar-refractivity contribution is 6.00. The minimum atomic E-state index is -1.01. The van der Waals surface area contributed by atoms with Gasteiger partial charge >= 0.3 is 12.0 Å². The first-order valence-corrected chi connectivity index (χ1v) is 6.43. The van der Waals surface area contributed by atoms with Crippen LogP contribution in [0.15, 0.2) is 30.5 Å². The van der Waals surface area contributed by atoms with Gasteiger partial charge in [0, 0.05) is 18.9 Å². The van der Waals surface area contributed by atoms with Gasteiger partial charge in [0.05, 0.1) is 16.9 Å². The molecule has 0 fully saturated rings. The van der Waals surface area contributed by atoms with Gasteiger partial charge in [-0.1, -0.05) is 6.92 Å². The number of nitrogens with zero attached hydrogens (tertiary/aromatic N) is 2. The molecule has 0 bridgehead atoms. The number of amides is 2. The molecule has 0 unspecified atom stereocenters. The summed E-state index contributed by atoms with van der Waals surface area (Å²) in [6.45, 7) is 1.95. The van der Waals surface area contributed by atoms with Crippen molar-refractivity contribution in [2.75, 3.05) is 10.6 Å². The van der Waals surface area contributed by atoms with Gasteiger partial charge in [-0.05, 0) is 30.7 Å². The van der Waals surface area contributed by atoms with Crippen molar-refractivity contribution in [3.8, 4) is 0 Å². The zero-order valence-electron chi connectivity index (χ0n) is 11.8. The van der Waals surface area contributed by atoms with Gasteiger partial charge in [0.25, 0.3) is 0 Å². The number of aromatic nitrogens is 2. The van der Waals surface area contributed by atoms with Crippen molar-refractivity contribution < 1.29 is 14.7 Å². The van der Waals surface area contributed by atoms with Gasteiger partial charge in [0.15, 0.2) is 0 Å². The Morgan fingerprint density at radius 3 is 2.48 bits per heavy atom. The lowest BCUT2D eigenvalue weighted by molar-refractivity contribution is 0.0697. The van der Waals surface area contributed by atoms with Gasteiger partial charge in [0.1, 0.15) is 0 Å². The summed E-state index contributed by atoms with van der Waals surface area (Å²) in [5, 5.41) is 18.4. The Morgan fingerprint density at radius 1 is 1.24 bits per heavy atom. The second-order valence-corrected chi connectivity index (χ2v) is 4.48. The molecule has 0 aliphatic carbocycles. The number of nitrogens with one attached hydrogen (secondary N) is 2. The molecule has 2 rings (SSSR count).